The van der Waals surface area contributed by atoms with Gasteiger partial charge in [-0.15, -0.1) is 0 Å². The van der Waals surface area contributed by atoms with E-state index in [1.165, 1.54) is 12.1 Å². The van der Waals surface area contributed by atoms with Gasteiger partial charge in [0.1, 0.15) is 11.6 Å². The molecule has 1 aromatic heterocycles. The van der Waals surface area contributed by atoms with E-state index in [4.69, 9.17) is 9.97 Å². The number of hydrogen-bond acceptors (Lipinski definition) is 6. The first-order chi connectivity index (χ1) is 16.8. The largest absolute Gasteiger partial charge is 0.416 e. The fourth-order valence-corrected chi connectivity index (χ4v) is 4.34. The van der Waals surface area contributed by atoms with E-state index in [1.54, 1.807) is 6.07 Å². The third-order valence-electron chi connectivity index (χ3n) is 6.21. The molecule has 1 saturated heterocycles. The Balaban J connectivity index is 1.35. The molecule has 4 rings (SSSR count). The van der Waals surface area contributed by atoms with Crippen molar-refractivity contribution in [1.29, 1.82) is 0 Å². The van der Waals surface area contributed by atoms with Gasteiger partial charge in [0.2, 0.25) is 0 Å². The van der Waals surface area contributed by atoms with Crippen LogP contribution in [0.3, 0.4) is 0 Å². The standard InChI is InChI=1S/C26H33F3N6/c1-33(2)12-6-11-30-25-22-9-3-4-10-23(22)31-24(32-25)19-35-15-13-34(14-16-35)18-20-7-5-8-21(17-20)26(27,28)29/h3-5,7-10,17H,6,11-16,18-19H2,1-2H3,(H,30,31,32). The molecule has 9 heteroatoms. The normalized spacial score (nSPS) is 15.7. The smallest absolute Gasteiger partial charge is 0.369 e. The van der Waals surface area contributed by atoms with Crippen LogP contribution in [0.15, 0.2) is 48.5 Å². The number of alkyl halides is 3. The number of anilines is 1. The van der Waals surface area contributed by atoms with Crippen molar-refractivity contribution in [3.63, 3.8) is 0 Å². The van der Waals surface area contributed by atoms with Gasteiger partial charge in [-0.05, 0) is 50.8 Å². The highest BCUT2D eigenvalue weighted by Crippen LogP contribution is 2.30. The van der Waals surface area contributed by atoms with Gasteiger partial charge in [-0.1, -0.05) is 30.3 Å². The molecule has 2 aromatic carbocycles. The van der Waals surface area contributed by atoms with Crippen molar-refractivity contribution < 1.29 is 13.2 Å². The molecule has 1 aliphatic heterocycles. The lowest BCUT2D eigenvalue weighted by Gasteiger charge is -2.34. The summed E-state index contributed by atoms with van der Waals surface area (Å²) < 4.78 is 39.0. The molecule has 0 atom stereocenters. The zero-order valence-electron chi connectivity index (χ0n) is 20.4. The van der Waals surface area contributed by atoms with Gasteiger partial charge >= 0.3 is 6.18 Å². The molecule has 1 fully saturated rings. The van der Waals surface area contributed by atoms with Crippen LogP contribution in [-0.4, -0.2) is 78.0 Å². The molecular formula is C26H33F3N6. The van der Waals surface area contributed by atoms with Crippen LogP contribution < -0.4 is 5.32 Å². The Morgan fingerprint density at radius 1 is 0.914 bits per heavy atom. The highest BCUT2D eigenvalue weighted by Gasteiger charge is 2.30. The van der Waals surface area contributed by atoms with Crippen LogP contribution in [0, 0.1) is 0 Å². The van der Waals surface area contributed by atoms with Crippen molar-refractivity contribution in [3.8, 4) is 0 Å². The fourth-order valence-electron chi connectivity index (χ4n) is 4.34. The predicted octanol–water partition coefficient (Wildman–Crippen LogP) is 4.33. The molecule has 0 saturated carbocycles. The Hall–Kier alpha value is -2.75. The van der Waals surface area contributed by atoms with Gasteiger partial charge in [0.05, 0.1) is 17.6 Å². The summed E-state index contributed by atoms with van der Waals surface area (Å²) in [4.78, 5) is 16.3. The first kappa shape index (κ1) is 25.3. The fraction of sp³-hybridized carbons (Fsp3) is 0.462. The maximum Gasteiger partial charge on any atom is 0.416 e. The van der Waals surface area contributed by atoms with Gasteiger partial charge in [-0.2, -0.15) is 13.2 Å². The summed E-state index contributed by atoms with van der Waals surface area (Å²) in [5.41, 5.74) is 1.03. The molecule has 0 radical (unpaired) electrons. The zero-order chi connectivity index (χ0) is 24.8. The molecular weight excluding hydrogens is 453 g/mol. The van der Waals surface area contributed by atoms with Gasteiger partial charge in [0.25, 0.3) is 0 Å². The quantitative estimate of drug-likeness (QED) is 0.455. The monoisotopic (exact) mass is 486 g/mol. The van der Waals surface area contributed by atoms with E-state index < -0.39 is 11.7 Å². The van der Waals surface area contributed by atoms with E-state index in [0.717, 1.165) is 74.3 Å². The summed E-state index contributed by atoms with van der Waals surface area (Å²) in [6.45, 7) is 6.24. The number of piperazine rings is 1. The number of fused-ring (bicyclic) bond motifs is 1. The number of rotatable bonds is 9. The summed E-state index contributed by atoms with van der Waals surface area (Å²) >= 11 is 0. The average molecular weight is 487 g/mol. The molecule has 3 aromatic rings. The van der Waals surface area contributed by atoms with Crippen molar-refractivity contribution in [2.45, 2.75) is 25.7 Å². The number of nitrogens with zero attached hydrogens (tertiary/aromatic N) is 5. The van der Waals surface area contributed by atoms with E-state index in [9.17, 15) is 13.2 Å². The van der Waals surface area contributed by atoms with Crippen molar-refractivity contribution >= 4 is 16.7 Å². The predicted molar refractivity (Wildman–Crippen MR) is 133 cm³/mol. The third kappa shape index (κ3) is 7.13. The summed E-state index contributed by atoms with van der Waals surface area (Å²) in [5, 5.41) is 4.51. The zero-order valence-corrected chi connectivity index (χ0v) is 20.4. The van der Waals surface area contributed by atoms with Gasteiger partial charge in [0.15, 0.2) is 0 Å². The highest BCUT2D eigenvalue weighted by molar-refractivity contribution is 5.88. The van der Waals surface area contributed by atoms with E-state index in [0.29, 0.717) is 18.7 Å². The number of para-hydroxylation sites is 1. The van der Waals surface area contributed by atoms with Crippen molar-refractivity contribution in [1.82, 2.24) is 24.7 Å². The van der Waals surface area contributed by atoms with Crippen LogP contribution in [0.5, 0.6) is 0 Å². The van der Waals surface area contributed by atoms with Crippen LogP contribution in [-0.2, 0) is 19.3 Å². The average Bonchev–Trinajstić information content (AvgIpc) is 2.82. The Morgan fingerprint density at radius 2 is 1.63 bits per heavy atom. The number of hydrogen-bond donors (Lipinski definition) is 1. The van der Waals surface area contributed by atoms with Crippen LogP contribution in [0.1, 0.15) is 23.4 Å². The maximum absolute atomic E-state index is 13.0. The molecule has 0 aliphatic carbocycles. The number of halogens is 3. The van der Waals surface area contributed by atoms with Crippen molar-refractivity contribution in [3.05, 3.63) is 65.5 Å². The Labute approximate surface area is 204 Å². The van der Waals surface area contributed by atoms with Crippen molar-refractivity contribution in [2.75, 3.05) is 58.7 Å². The minimum Gasteiger partial charge on any atom is -0.369 e. The summed E-state index contributed by atoms with van der Waals surface area (Å²) in [6, 6.07) is 13.7. The second-order valence-corrected chi connectivity index (χ2v) is 9.34. The maximum atomic E-state index is 13.0. The van der Waals surface area contributed by atoms with Crippen LogP contribution in [0.2, 0.25) is 0 Å². The minimum absolute atomic E-state index is 0.519. The first-order valence-corrected chi connectivity index (χ1v) is 12.0. The number of aromatic nitrogens is 2. The van der Waals surface area contributed by atoms with Gasteiger partial charge in [0, 0.05) is 44.7 Å². The number of benzene rings is 2. The first-order valence-electron chi connectivity index (χ1n) is 12.0. The summed E-state index contributed by atoms with van der Waals surface area (Å²) in [5.74, 6) is 1.65. The Bertz CT molecular complexity index is 1110. The summed E-state index contributed by atoms with van der Waals surface area (Å²) in [7, 11) is 4.13. The third-order valence-corrected chi connectivity index (χ3v) is 6.21. The van der Waals surface area contributed by atoms with E-state index >= 15 is 0 Å². The Kier molecular flexibility index (Phi) is 8.20. The second-order valence-electron chi connectivity index (χ2n) is 9.34. The SMILES string of the molecule is CN(C)CCCNc1nc(CN2CCN(Cc3cccc(C(F)(F)F)c3)CC2)nc2ccccc12. The Morgan fingerprint density at radius 3 is 2.34 bits per heavy atom. The molecule has 35 heavy (non-hydrogen) atoms. The number of nitrogens with one attached hydrogen (secondary N) is 1. The molecule has 0 amide bonds. The van der Waals surface area contributed by atoms with Gasteiger partial charge in [-0.3, -0.25) is 9.80 Å². The molecule has 188 valence electrons. The van der Waals surface area contributed by atoms with E-state index in [2.05, 4.69) is 34.1 Å². The van der Waals surface area contributed by atoms with Crippen LogP contribution >= 0.6 is 0 Å². The molecule has 0 spiro atoms. The van der Waals surface area contributed by atoms with Gasteiger partial charge in [-0.25, -0.2) is 9.97 Å². The molecule has 2 heterocycles. The van der Waals surface area contributed by atoms with Crippen LogP contribution in [0.4, 0.5) is 19.0 Å². The van der Waals surface area contributed by atoms with E-state index in [1.807, 2.05) is 24.3 Å². The topological polar surface area (TPSA) is 47.5 Å². The van der Waals surface area contributed by atoms with Crippen molar-refractivity contribution in [2.24, 2.45) is 0 Å². The van der Waals surface area contributed by atoms with Gasteiger partial charge < -0.3 is 10.2 Å². The van der Waals surface area contributed by atoms with Crippen LogP contribution in [0.25, 0.3) is 10.9 Å². The second kappa shape index (κ2) is 11.3. The minimum atomic E-state index is -4.31. The highest BCUT2D eigenvalue weighted by atomic mass is 19.4. The lowest BCUT2D eigenvalue weighted by atomic mass is 10.1. The molecule has 6 nitrogen and oxygen atoms in total. The molecule has 0 bridgehead atoms. The molecule has 1 N–H and O–H groups in total. The molecule has 1 aliphatic rings. The summed E-state index contributed by atoms with van der Waals surface area (Å²) in [6.07, 6.45) is -3.29. The molecule has 0 unspecified atom stereocenters. The lowest BCUT2D eigenvalue weighted by Crippen LogP contribution is -2.45. The lowest BCUT2D eigenvalue weighted by molar-refractivity contribution is -0.137. The van der Waals surface area contributed by atoms with E-state index in [-0.39, 0.29) is 0 Å².